The number of nitrogens with zero attached hydrogens (tertiary/aromatic N) is 2. The van der Waals surface area contributed by atoms with Crippen molar-refractivity contribution in [3.05, 3.63) is 42.2 Å². The van der Waals surface area contributed by atoms with Gasteiger partial charge in [0.25, 0.3) is 0 Å². The summed E-state index contributed by atoms with van der Waals surface area (Å²) < 4.78 is 1.88. The van der Waals surface area contributed by atoms with Crippen LogP contribution in [0.15, 0.2) is 36.5 Å². The Kier molecular flexibility index (Phi) is 1.92. The molecule has 0 saturated heterocycles. The molecule has 3 rings (SSSR count). The van der Waals surface area contributed by atoms with Crippen molar-refractivity contribution in [2.24, 2.45) is 7.05 Å². The van der Waals surface area contributed by atoms with Crippen LogP contribution in [0, 0.1) is 0 Å². The first-order valence-electron chi connectivity index (χ1n) is 5.25. The van der Waals surface area contributed by atoms with Crippen molar-refractivity contribution in [3.63, 3.8) is 0 Å². The molecule has 1 N–H and O–H groups in total. The maximum Gasteiger partial charge on any atom is 0.356 e. The largest absolute Gasteiger partial charge is 0.476 e. The first kappa shape index (κ1) is 9.84. The van der Waals surface area contributed by atoms with Crippen LogP contribution in [-0.2, 0) is 7.05 Å². The number of carbonyl (C=O) groups is 1. The predicted octanol–water partition coefficient (Wildman–Crippen LogP) is 2.42. The van der Waals surface area contributed by atoms with E-state index in [4.69, 9.17) is 5.11 Å². The van der Waals surface area contributed by atoms with Crippen molar-refractivity contribution in [1.29, 1.82) is 0 Å². The molecule has 2 aromatic heterocycles. The highest BCUT2D eigenvalue weighted by Gasteiger charge is 2.16. The number of hydrogen-bond donors (Lipinski definition) is 1. The van der Waals surface area contributed by atoms with E-state index in [1.165, 1.54) is 6.20 Å². The highest BCUT2D eigenvalue weighted by atomic mass is 16.4. The van der Waals surface area contributed by atoms with E-state index in [1.54, 1.807) is 0 Å². The molecule has 0 aliphatic carbocycles. The smallest absolute Gasteiger partial charge is 0.356 e. The summed E-state index contributed by atoms with van der Waals surface area (Å²) in [7, 11) is 1.86. The van der Waals surface area contributed by atoms with Crippen LogP contribution in [0.2, 0.25) is 0 Å². The first-order valence-corrected chi connectivity index (χ1v) is 5.25. The van der Waals surface area contributed by atoms with Crippen LogP contribution in [-0.4, -0.2) is 20.6 Å². The molecule has 0 bridgehead atoms. The number of fused-ring (bicyclic) bond motifs is 3. The van der Waals surface area contributed by atoms with Crippen LogP contribution in [0.3, 0.4) is 0 Å². The van der Waals surface area contributed by atoms with E-state index in [1.807, 2.05) is 41.9 Å². The van der Waals surface area contributed by atoms with Gasteiger partial charge in [-0.25, -0.2) is 9.78 Å². The van der Waals surface area contributed by atoms with Gasteiger partial charge in [0, 0.05) is 29.5 Å². The summed E-state index contributed by atoms with van der Waals surface area (Å²) >= 11 is 0. The Hall–Kier alpha value is -2.36. The zero-order chi connectivity index (χ0) is 12.0. The Morgan fingerprint density at radius 3 is 2.76 bits per heavy atom. The zero-order valence-corrected chi connectivity index (χ0v) is 9.21. The Bertz CT molecular complexity index is 744. The molecule has 0 unspecified atom stereocenters. The number of aromatic carboxylic acids is 1. The van der Waals surface area contributed by atoms with Crippen LogP contribution in [0.5, 0.6) is 0 Å². The molecule has 4 heteroatoms. The Morgan fingerprint density at radius 2 is 2.00 bits per heavy atom. The van der Waals surface area contributed by atoms with Crippen LogP contribution < -0.4 is 0 Å². The molecule has 3 aromatic rings. The molecule has 0 radical (unpaired) electrons. The van der Waals surface area contributed by atoms with Crippen molar-refractivity contribution in [2.45, 2.75) is 0 Å². The van der Waals surface area contributed by atoms with E-state index < -0.39 is 5.97 Å². The fourth-order valence-corrected chi connectivity index (χ4v) is 2.28. The van der Waals surface area contributed by atoms with Crippen LogP contribution >= 0.6 is 0 Å². The van der Waals surface area contributed by atoms with Crippen molar-refractivity contribution in [3.8, 4) is 0 Å². The van der Waals surface area contributed by atoms with Gasteiger partial charge in [-0.15, -0.1) is 0 Å². The number of carboxylic acids is 1. The molecule has 0 fully saturated rings. The minimum absolute atomic E-state index is 0.0983. The molecule has 0 spiro atoms. The van der Waals surface area contributed by atoms with Gasteiger partial charge in [-0.05, 0) is 12.1 Å². The third kappa shape index (κ3) is 1.24. The third-order valence-electron chi connectivity index (χ3n) is 3.02. The molecule has 1 aromatic carbocycles. The summed E-state index contributed by atoms with van der Waals surface area (Å²) in [5.41, 5.74) is 1.78. The number of carboxylic acid groups (broad SMARTS) is 1. The van der Waals surface area contributed by atoms with Gasteiger partial charge < -0.3 is 9.67 Å². The van der Waals surface area contributed by atoms with Gasteiger partial charge in [0.15, 0.2) is 5.69 Å². The molecule has 2 heterocycles. The minimum Gasteiger partial charge on any atom is -0.476 e. The summed E-state index contributed by atoms with van der Waals surface area (Å²) in [6, 6.07) is 9.70. The van der Waals surface area contributed by atoms with E-state index in [2.05, 4.69) is 4.98 Å². The fraction of sp³-hybridized carbons (Fsp3) is 0.0769. The summed E-state index contributed by atoms with van der Waals surface area (Å²) in [5, 5.41) is 11.1. The number of pyridine rings is 1. The molecular formula is C13H10N2O2. The number of benzene rings is 1. The van der Waals surface area contributed by atoms with Gasteiger partial charge in [-0.3, -0.25) is 0 Å². The average molecular weight is 226 g/mol. The summed E-state index contributed by atoms with van der Waals surface area (Å²) in [5.74, 6) is -0.999. The molecular weight excluding hydrogens is 216 g/mol. The van der Waals surface area contributed by atoms with Crippen LogP contribution in [0.25, 0.3) is 21.8 Å². The SMILES string of the molecule is Cn1c2ccccc2c2ccnc(C(=O)O)c21. The molecule has 17 heavy (non-hydrogen) atoms. The summed E-state index contributed by atoms with van der Waals surface area (Å²) in [4.78, 5) is 15.1. The van der Waals surface area contributed by atoms with Gasteiger partial charge in [0.1, 0.15) is 0 Å². The number of aromatic nitrogens is 2. The third-order valence-corrected chi connectivity index (χ3v) is 3.02. The Balaban J connectivity index is 2.61. The van der Waals surface area contributed by atoms with E-state index in [9.17, 15) is 4.79 Å². The highest BCUT2D eigenvalue weighted by molar-refractivity contribution is 6.13. The number of rotatable bonds is 1. The van der Waals surface area contributed by atoms with E-state index >= 15 is 0 Å². The van der Waals surface area contributed by atoms with Crippen molar-refractivity contribution < 1.29 is 9.90 Å². The van der Waals surface area contributed by atoms with Crippen molar-refractivity contribution >= 4 is 27.8 Å². The lowest BCUT2D eigenvalue weighted by Gasteiger charge is -2.00. The zero-order valence-electron chi connectivity index (χ0n) is 9.21. The average Bonchev–Trinajstić information content (AvgIpc) is 2.64. The number of aryl methyl sites for hydroxylation is 1. The van der Waals surface area contributed by atoms with Gasteiger partial charge in [-0.2, -0.15) is 0 Å². The lowest BCUT2D eigenvalue weighted by molar-refractivity contribution is 0.0692. The lowest BCUT2D eigenvalue weighted by atomic mass is 10.1. The second kappa shape index (κ2) is 3.31. The predicted molar refractivity (Wildman–Crippen MR) is 65.2 cm³/mol. The maximum atomic E-state index is 11.2. The number of hydrogen-bond acceptors (Lipinski definition) is 2. The van der Waals surface area contributed by atoms with Gasteiger partial charge in [0.2, 0.25) is 0 Å². The molecule has 4 nitrogen and oxygen atoms in total. The van der Waals surface area contributed by atoms with Gasteiger partial charge in [-0.1, -0.05) is 18.2 Å². The second-order valence-electron chi connectivity index (χ2n) is 3.94. The quantitative estimate of drug-likeness (QED) is 0.693. The van der Waals surface area contributed by atoms with Crippen molar-refractivity contribution in [2.75, 3.05) is 0 Å². The van der Waals surface area contributed by atoms with E-state index in [0.29, 0.717) is 5.52 Å². The van der Waals surface area contributed by atoms with Crippen LogP contribution in [0.1, 0.15) is 10.5 Å². The van der Waals surface area contributed by atoms with E-state index in [0.717, 1.165) is 16.3 Å². The summed E-state index contributed by atoms with van der Waals surface area (Å²) in [6.07, 6.45) is 1.54. The molecule has 0 aliphatic rings. The van der Waals surface area contributed by atoms with Gasteiger partial charge in [0.05, 0.1) is 5.52 Å². The Labute approximate surface area is 97.1 Å². The standard InChI is InChI=1S/C13H10N2O2/c1-15-10-5-3-2-4-8(10)9-6-7-14-11(12(9)15)13(16)17/h2-7H,1H3,(H,16,17). The number of para-hydroxylation sites is 1. The maximum absolute atomic E-state index is 11.2. The normalized spacial score (nSPS) is 11.1. The molecule has 0 amide bonds. The molecule has 0 saturated carbocycles. The molecule has 0 aliphatic heterocycles. The molecule has 0 atom stereocenters. The minimum atomic E-state index is -0.999. The van der Waals surface area contributed by atoms with Crippen molar-refractivity contribution in [1.82, 2.24) is 9.55 Å². The summed E-state index contributed by atoms with van der Waals surface area (Å²) in [6.45, 7) is 0. The topological polar surface area (TPSA) is 55.1 Å². The van der Waals surface area contributed by atoms with E-state index in [-0.39, 0.29) is 5.69 Å². The monoisotopic (exact) mass is 226 g/mol. The fourth-order valence-electron chi connectivity index (χ4n) is 2.28. The molecule has 84 valence electrons. The lowest BCUT2D eigenvalue weighted by Crippen LogP contribution is -2.03. The second-order valence-corrected chi connectivity index (χ2v) is 3.94. The first-order chi connectivity index (χ1) is 8.20. The van der Waals surface area contributed by atoms with Crippen LogP contribution in [0.4, 0.5) is 0 Å². The Morgan fingerprint density at radius 1 is 1.24 bits per heavy atom. The highest BCUT2D eigenvalue weighted by Crippen LogP contribution is 2.28. The van der Waals surface area contributed by atoms with Gasteiger partial charge >= 0.3 is 5.97 Å².